The third-order valence-corrected chi connectivity index (χ3v) is 5.49. The van der Waals surface area contributed by atoms with E-state index >= 15 is 0 Å². The minimum atomic E-state index is -0.262. The maximum atomic E-state index is 12.6. The molecular weight excluding hydrogens is 280 g/mol. The molecule has 1 aliphatic rings. The van der Waals surface area contributed by atoms with Crippen molar-refractivity contribution >= 4 is 17.7 Å². The molecule has 0 atom stereocenters. The van der Waals surface area contributed by atoms with Gasteiger partial charge in [0.2, 0.25) is 5.91 Å². The van der Waals surface area contributed by atoms with Crippen molar-refractivity contribution in [1.82, 2.24) is 10.6 Å². The van der Waals surface area contributed by atoms with Crippen LogP contribution in [0.5, 0.6) is 0 Å². The van der Waals surface area contributed by atoms with Crippen molar-refractivity contribution in [3.63, 3.8) is 0 Å². The average Bonchev–Trinajstić information content (AvgIpc) is 2.96. The summed E-state index contributed by atoms with van der Waals surface area (Å²) in [7, 11) is 0. The van der Waals surface area contributed by atoms with E-state index in [4.69, 9.17) is 0 Å². The smallest absolute Gasteiger partial charge is 0.236 e. The van der Waals surface area contributed by atoms with Crippen molar-refractivity contribution in [3.05, 3.63) is 29.8 Å². The number of hydrogen-bond donors (Lipinski definition) is 2. The van der Waals surface area contributed by atoms with E-state index in [1.165, 1.54) is 10.5 Å². The molecule has 116 valence electrons. The van der Waals surface area contributed by atoms with E-state index in [1.807, 2.05) is 0 Å². The number of amides is 1. The predicted octanol–water partition coefficient (Wildman–Crippen LogP) is 3.13. The molecule has 0 aromatic heterocycles. The number of carbonyl (C=O) groups is 1. The Labute approximate surface area is 132 Å². The molecule has 1 saturated carbocycles. The van der Waals surface area contributed by atoms with E-state index in [9.17, 15) is 4.79 Å². The summed E-state index contributed by atoms with van der Waals surface area (Å²) < 4.78 is -0.262. The fourth-order valence-corrected chi connectivity index (χ4v) is 4.14. The molecule has 0 aliphatic heterocycles. The summed E-state index contributed by atoms with van der Waals surface area (Å²) in [4.78, 5) is 13.8. The lowest BCUT2D eigenvalue weighted by atomic mass is 10.1. The number of thioether (sulfide) groups is 1. The van der Waals surface area contributed by atoms with Crippen LogP contribution in [0.3, 0.4) is 0 Å². The normalized spacial score (nSPS) is 16.9. The van der Waals surface area contributed by atoms with Gasteiger partial charge < -0.3 is 10.6 Å². The molecule has 1 aromatic rings. The summed E-state index contributed by atoms with van der Waals surface area (Å²) in [5.74, 6) is 0.212. The van der Waals surface area contributed by atoms with Gasteiger partial charge in [0.05, 0.1) is 4.75 Å². The summed E-state index contributed by atoms with van der Waals surface area (Å²) in [6, 6.07) is 8.50. The van der Waals surface area contributed by atoms with Crippen LogP contribution in [0.25, 0.3) is 0 Å². The summed E-state index contributed by atoms with van der Waals surface area (Å²) >= 11 is 1.75. The molecule has 3 nitrogen and oxygen atoms in total. The minimum Gasteiger partial charge on any atom is -0.354 e. The molecule has 0 radical (unpaired) electrons. The van der Waals surface area contributed by atoms with Gasteiger partial charge >= 0.3 is 0 Å². The Balaban J connectivity index is 1.98. The molecule has 0 unspecified atom stereocenters. The van der Waals surface area contributed by atoms with Crippen LogP contribution in [-0.2, 0) is 4.79 Å². The zero-order valence-corrected chi connectivity index (χ0v) is 13.9. The Bertz CT molecular complexity index is 452. The van der Waals surface area contributed by atoms with Crippen molar-refractivity contribution in [3.8, 4) is 0 Å². The monoisotopic (exact) mass is 306 g/mol. The quantitative estimate of drug-likeness (QED) is 0.761. The molecule has 1 fully saturated rings. The first kappa shape index (κ1) is 16.4. The zero-order chi connectivity index (χ0) is 15.1. The van der Waals surface area contributed by atoms with Gasteiger partial charge in [-0.05, 0) is 38.4 Å². The maximum Gasteiger partial charge on any atom is 0.236 e. The van der Waals surface area contributed by atoms with Gasteiger partial charge in [0.15, 0.2) is 0 Å². The lowest BCUT2D eigenvalue weighted by Gasteiger charge is -2.27. The highest BCUT2D eigenvalue weighted by atomic mass is 32.2. The molecule has 0 saturated heterocycles. The van der Waals surface area contributed by atoms with E-state index in [-0.39, 0.29) is 10.7 Å². The lowest BCUT2D eigenvalue weighted by molar-refractivity contribution is -0.123. The molecule has 1 aliphatic carbocycles. The van der Waals surface area contributed by atoms with Gasteiger partial charge in [-0.2, -0.15) is 0 Å². The van der Waals surface area contributed by atoms with Crippen molar-refractivity contribution < 1.29 is 4.79 Å². The topological polar surface area (TPSA) is 41.1 Å². The second-order valence-corrected chi connectivity index (χ2v) is 7.18. The summed E-state index contributed by atoms with van der Waals surface area (Å²) in [5.41, 5.74) is 1.26. The lowest BCUT2D eigenvalue weighted by Crippen LogP contribution is -2.44. The molecule has 0 bridgehead atoms. The predicted molar refractivity (Wildman–Crippen MR) is 89.8 cm³/mol. The Morgan fingerprint density at radius 2 is 1.86 bits per heavy atom. The zero-order valence-electron chi connectivity index (χ0n) is 13.1. The summed E-state index contributed by atoms with van der Waals surface area (Å²) in [6.45, 7) is 6.66. The van der Waals surface area contributed by atoms with Crippen LogP contribution in [0.15, 0.2) is 29.2 Å². The fraction of sp³-hybridized carbons (Fsp3) is 0.588. The van der Waals surface area contributed by atoms with E-state index in [2.05, 4.69) is 48.7 Å². The van der Waals surface area contributed by atoms with Crippen LogP contribution in [0.4, 0.5) is 0 Å². The number of nitrogens with one attached hydrogen (secondary N) is 2. The van der Waals surface area contributed by atoms with Crippen LogP contribution >= 0.6 is 11.8 Å². The van der Waals surface area contributed by atoms with E-state index in [0.717, 1.165) is 38.8 Å². The highest BCUT2D eigenvalue weighted by Gasteiger charge is 2.41. The van der Waals surface area contributed by atoms with E-state index in [0.29, 0.717) is 6.54 Å². The number of carbonyl (C=O) groups excluding carboxylic acids is 1. The number of aryl methyl sites for hydroxylation is 1. The summed E-state index contributed by atoms with van der Waals surface area (Å²) in [5, 5.41) is 6.35. The molecule has 4 heteroatoms. The molecule has 21 heavy (non-hydrogen) atoms. The Morgan fingerprint density at radius 3 is 2.48 bits per heavy atom. The second kappa shape index (κ2) is 7.85. The third-order valence-electron chi connectivity index (χ3n) is 4.00. The minimum absolute atomic E-state index is 0.212. The molecule has 1 amide bonds. The maximum absolute atomic E-state index is 12.6. The number of benzene rings is 1. The number of hydrogen-bond acceptors (Lipinski definition) is 3. The molecular formula is C17H26N2OS. The summed E-state index contributed by atoms with van der Waals surface area (Å²) in [6.07, 6.45) is 4.27. The first-order chi connectivity index (χ1) is 10.2. The number of likely N-dealkylation sites (N-methyl/N-ethyl adjacent to an activating group) is 1. The highest BCUT2D eigenvalue weighted by Crippen LogP contribution is 2.45. The second-order valence-electron chi connectivity index (χ2n) is 5.73. The van der Waals surface area contributed by atoms with Gasteiger partial charge in [-0.15, -0.1) is 11.8 Å². The molecule has 1 aromatic carbocycles. The highest BCUT2D eigenvalue weighted by molar-refractivity contribution is 8.01. The van der Waals surface area contributed by atoms with Gasteiger partial charge in [-0.3, -0.25) is 4.79 Å². The van der Waals surface area contributed by atoms with Gasteiger partial charge in [0, 0.05) is 18.0 Å². The SMILES string of the molecule is CCNCCNC(=O)C1(Sc2ccc(C)cc2)CCCC1. The first-order valence-electron chi connectivity index (χ1n) is 7.91. The van der Waals surface area contributed by atoms with Crippen LogP contribution < -0.4 is 10.6 Å². The Hall–Kier alpha value is -1.00. The third kappa shape index (κ3) is 4.48. The van der Waals surface area contributed by atoms with Crippen LogP contribution in [-0.4, -0.2) is 30.3 Å². The molecule has 2 rings (SSSR count). The van der Waals surface area contributed by atoms with E-state index in [1.54, 1.807) is 11.8 Å². The standard InChI is InChI=1S/C17H26N2OS/c1-3-18-12-13-19-16(20)17(10-4-5-11-17)21-15-8-6-14(2)7-9-15/h6-9,18H,3-5,10-13H2,1-2H3,(H,19,20). The van der Waals surface area contributed by atoms with Crippen LogP contribution in [0, 0.1) is 6.92 Å². The van der Waals surface area contributed by atoms with Crippen molar-refractivity contribution in [2.75, 3.05) is 19.6 Å². The molecule has 2 N–H and O–H groups in total. The van der Waals surface area contributed by atoms with Gasteiger partial charge in [0.25, 0.3) is 0 Å². The van der Waals surface area contributed by atoms with Gasteiger partial charge in [0.1, 0.15) is 0 Å². The Kier molecular flexibility index (Phi) is 6.12. The van der Waals surface area contributed by atoms with Crippen LogP contribution in [0.2, 0.25) is 0 Å². The van der Waals surface area contributed by atoms with Crippen LogP contribution in [0.1, 0.15) is 38.2 Å². The van der Waals surface area contributed by atoms with Gasteiger partial charge in [-0.1, -0.05) is 37.5 Å². The number of rotatable bonds is 7. The molecule has 0 heterocycles. The average molecular weight is 306 g/mol. The van der Waals surface area contributed by atoms with Crippen molar-refractivity contribution in [2.24, 2.45) is 0 Å². The fourth-order valence-electron chi connectivity index (χ4n) is 2.76. The van der Waals surface area contributed by atoms with Crippen molar-refractivity contribution in [2.45, 2.75) is 49.2 Å². The molecule has 0 spiro atoms. The largest absolute Gasteiger partial charge is 0.354 e. The first-order valence-corrected chi connectivity index (χ1v) is 8.73. The van der Waals surface area contributed by atoms with E-state index < -0.39 is 0 Å². The van der Waals surface area contributed by atoms with Gasteiger partial charge in [-0.25, -0.2) is 0 Å². The van der Waals surface area contributed by atoms with Crippen molar-refractivity contribution in [1.29, 1.82) is 0 Å². The Morgan fingerprint density at radius 1 is 1.19 bits per heavy atom.